The second-order valence-electron chi connectivity index (χ2n) is 1.75. The van der Waals surface area contributed by atoms with Gasteiger partial charge in [-0.2, -0.15) is 0 Å². The standard InChI is InChI=1S/C6H5NO3.Au/c8-6-4-2-1-3-5(6)7(9)10;/h1-4,8H;. The van der Waals surface area contributed by atoms with Crippen molar-refractivity contribution in [2.75, 3.05) is 0 Å². The van der Waals surface area contributed by atoms with Crippen LogP contribution in [-0.2, 0) is 22.4 Å². The first-order valence-electron chi connectivity index (χ1n) is 2.64. The zero-order valence-corrected chi connectivity index (χ0v) is 7.49. The fourth-order valence-corrected chi connectivity index (χ4v) is 0.619. The van der Waals surface area contributed by atoms with E-state index in [1.54, 1.807) is 0 Å². The van der Waals surface area contributed by atoms with Gasteiger partial charge in [0.1, 0.15) is 0 Å². The molecule has 4 nitrogen and oxygen atoms in total. The fraction of sp³-hybridized carbons (Fsp3) is 0. The second kappa shape index (κ2) is 4.13. The summed E-state index contributed by atoms with van der Waals surface area (Å²) in [5.41, 5.74) is -0.262. The van der Waals surface area contributed by atoms with Gasteiger partial charge in [-0.3, -0.25) is 10.1 Å². The Labute approximate surface area is 78.5 Å². The molecule has 0 fully saturated rings. The van der Waals surface area contributed by atoms with Gasteiger partial charge in [0.15, 0.2) is 5.75 Å². The van der Waals surface area contributed by atoms with Gasteiger partial charge in [-0.05, 0) is 6.07 Å². The van der Waals surface area contributed by atoms with E-state index in [1.807, 2.05) is 0 Å². The maximum Gasteiger partial charge on any atom is 0.310 e. The number of aromatic hydroxyl groups is 1. The van der Waals surface area contributed by atoms with Crippen molar-refractivity contribution in [3.63, 3.8) is 0 Å². The van der Waals surface area contributed by atoms with Gasteiger partial charge in [0.05, 0.1) is 4.92 Å². The molecular formula is C6H5AuNO3. The molecule has 0 bridgehead atoms. The van der Waals surface area contributed by atoms with E-state index in [-0.39, 0.29) is 33.8 Å². The molecule has 5 heteroatoms. The molecule has 0 aliphatic carbocycles. The first-order chi connectivity index (χ1) is 4.72. The Hall–Kier alpha value is -0.840. The predicted molar refractivity (Wildman–Crippen MR) is 34.8 cm³/mol. The van der Waals surface area contributed by atoms with Crippen molar-refractivity contribution in [1.82, 2.24) is 0 Å². The first kappa shape index (κ1) is 10.2. The van der Waals surface area contributed by atoms with Gasteiger partial charge in [-0.15, -0.1) is 0 Å². The summed E-state index contributed by atoms with van der Waals surface area (Å²) in [5.74, 6) is -0.299. The zero-order chi connectivity index (χ0) is 7.56. The van der Waals surface area contributed by atoms with Gasteiger partial charge >= 0.3 is 5.69 Å². The fourth-order valence-electron chi connectivity index (χ4n) is 0.619. The number of phenols is 1. The third kappa shape index (κ3) is 2.34. The molecule has 0 aliphatic heterocycles. The minimum absolute atomic E-state index is 0. The van der Waals surface area contributed by atoms with Crippen molar-refractivity contribution < 1.29 is 32.4 Å². The van der Waals surface area contributed by atoms with Gasteiger partial charge in [-0.25, -0.2) is 0 Å². The van der Waals surface area contributed by atoms with Crippen LogP contribution in [0.15, 0.2) is 24.3 Å². The van der Waals surface area contributed by atoms with E-state index in [4.69, 9.17) is 5.11 Å². The van der Waals surface area contributed by atoms with Crippen molar-refractivity contribution in [2.24, 2.45) is 0 Å². The molecule has 0 saturated carbocycles. The third-order valence-electron chi connectivity index (χ3n) is 1.08. The molecule has 0 aliphatic rings. The maximum absolute atomic E-state index is 10.1. The first-order valence-corrected chi connectivity index (χ1v) is 2.64. The van der Waals surface area contributed by atoms with Crippen LogP contribution in [0.4, 0.5) is 5.69 Å². The van der Waals surface area contributed by atoms with Gasteiger partial charge < -0.3 is 5.11 Å². The van der Waals surface area contributed by atoms with Crippen LogP contribution in [0.5, 0.6) is 5.75 Å². The number of hydrogen-bond donors (Lipinski definition) is 1. The quantitative estimate of drug-likeness (QED) is 0.478. The summed E-state index contributed by atoms with van der Waals surface area (Å²) in [7, 11) is 0. The predicted octanol–water partition coefficient (Wildman–Crippen LogP) is 1.30. The number of para-hydroxylation sites is 2. The van der Waals surface area contributed by atoms with Gasteiger partial charge in [0, 0.05) is 28.4 Å². The molecule has 0 spiro atoms. The number of nitrogens with zero attached hydrogens (tertiary/aromatic N) is 1. The second-order valence-corrected chi connectivity index (χ2v) is 1.75. The summed E-state index contributed by atoms with van der Waals surface area (Å²) in [6.45, 7) is 0. The summed E-state index contributed by atoms with van der Waals surface area (Å²) < 4.78 is 0. The Morgan fingerprint density at radius 2 is 1.91 bits per heavy atom. The van der Waals surface area contributed by atoms with Crippen molar-refractivity contribution in [1.29, 1.82) is 0 Å². The Balaban J connectivity index is 0.000001000. The van der Waals surface area contributed by atoms with Crippen LogP contribution in [0.3, 0.4) is 0 Å². The number of nitro groups is 1. The van der Waals surface area contributed by atoms with Crippen LogP contribution in [0.2, 0.25) is 0 Å². The van der Waals surface area contributed by atoms with E-state index in [0.29, 0.717) is 0 Å². The molecule has 63 valence electrons. The number of hydrogen-bond acceptors (Lipinski definition) is 3. The minimum Gasteiger partial charge on any atom is -0.502 e. The minimum atomic E-state index is -0.630. The van der Waals surface area contributed by atoms with Crippen molar-refractivity contribution in [3.05, 3.63) is 34.4 Å². The molecule has 1 aromatic rings. The van der Waals surface area contributed by atoms with Crippen molar-refractivity contribution in [3.8, 4) is 5.75 Å². The summed E-state index contributed by atoms with van der Waals surface area (Å²) in [6.07, 6.45) is 0. The number of nitro benzene ring substituents is 1. The molecule has 1 aromatic carbocycles. The van der Waals surface area contributed by atoms with Gasteiger partial charge in [0.25, 0.3) is 0 Å². The number of rotatable bonds is 1. The molecule has 0 amide bonds. The van der Waals surface area contributed by atoms with Crippen LogP contribution in [0.1, 0.15) is 0 Å². The monoisotopic (exact) mass is 336 g/mol. The zero-order valence-electron chi connectivity index (χ0n) is 5.32. The molecule has 1 rings (SSSR count). The number of phenolic OH excluding ortho intramolecular Hbond substituents is 1. The van der Waals surface area contributed by atoms with Crippen LogP contribution in [0, 0.1) is 10.1 Å². The largest absolute Gasteiger partial charge is 0.502 e. The van der Waals surface area contributed by atoms with E-state index in [2.05, 4.69) is 0 Å². The molecule has 0 unspecified atom stereocenters. The van der Waals surface area contributed by atoms with Crippen LogP contribution in [-0.4, -0.2) is 10.0 Å². The molecule has 1 radical (unpaired) electrons. The van der Waals surface area contributed by atoms with Gasteiger partial charge in [-0.1, -0.05) is 12.1 Å². The Kier molecular flexibility index (Phi) is 3.81. The Bertz CT molecular complexity index is 264. The third-order valence-corrected chi connectivity index (χ3v) is 1.08. The van der Waals surface area contributed by atoms with E-state index in [0.717, 1.165) is 0 Å². The van der Waals surface area contributed by atoms with Gasteiger partial charge in [0.2, 0.25) is 0 Å². The molecule has 0 atom stereocenters. The SMILES string of the molecule is O=[N+]([O-])c1ccccc1O.[Au]. The number of benzene rings is 1. The molecule has 0 heterocycles. The summed E-state index contributed by atoms with van der Waals surface area (Å²) >= 11 is 0. The van der Waals surface area contributed by atoms with Crippen LogP contribution >= 0.6 is 0 Å². The van der Waals surface area contributed by atoms with Crippen molar-refractivity contribution in [2.45, 2.75) is 0 Å². The Morgan fingerprint density at radius 3 is 2.27 bits per heavy atom. The van der Waals surface area contributed by atoms with E-state index in [9.17, 15) is 10.1 Å². The summed E-state index contributed by atoms with van der Waals surface area (Å²) in [4.78, 5) is 9.44. The van der Waals surface area contributed by atoms with E-state index in [1.165, 1.54) is 24.3 Å². The topological polar surface area (TPSA) is 63.4 Å². The molecular weight excluding hydrogens is 331 g/mol. The average molecular weight is 336 g/mol. The normalized spacial score (nSPS) is 8.36. The van der Waals surface area contributed by atoms with E-state index >= 15 is 0 Å². The molecule has 1 N–H and O–H groups in total. The summed E-state index contributed by atoms with van der Waals surface area (Å²) in [6, 6.07) is 5.55. The maximum atomic E-state index is 10.1. The summed E-state index contributed by atoms with van der Waals surface area (Å²) in [5, 5.41) is 18.9. The molecule has 0 saturated heterocycles. The smallest absolute Gasteiger partial charge is 0.310 e. The molecule has 11 heavy (non-hydrogen) atoms. The Morgan fingerprint density at radius 1 is 1.36 bits per heavy atom. The van der Waals surface area contributed by atoms with Crippen molar-refractivity contribution >= 4 is 5.69 Å². The average Bonchev–Trinajstić information content (AvgIpc) is 1.88. The van der Waals surface area contributed by atoms with Crippen LogP contribution in [0.25, 0.3) is 0 Å². The van der Waals surface area contributed by atoms with E-state index < -0.39 is 4.92 Å². The van der Waals surface area contributed by atoms with Crippen LogP contribution < -0.4 is 0 Å². The molecule has 0 aromatic heterocycles.